The number of aliphatic imine (C=N–C) groups is 1. The summed E-state index contributed by atoms with van der Waals surface area (Å²) in [7, 11) is 1.54. The van der Waals surface area contributed by atoms with Gasteiger partial charge < -0.3 is 9.84 Å². The van der Waals surface area contributed by atoms with Crippen LogP contribution in [0.3, 0.4) is 0 Å². The highest BCUT2D eigenvalue weighted by Crippen LogP contribution is 2.28. The molecular weight excluding hydrogens is 300 g/mol. The van der Waals surface area contributed by atoms with E-state index in [1.165, 1.54) is 5.56 Å². The van der Waals surface area contributed by atoms with E-state index in [9.17, 15) is 5.11 Å². The molecule has 4 nitrogen and oxygen atoms in total. The van der Waals surface area contributed by atoms with Crippen molar-refractivity contribution < 1.29 is 9.84 Å². The van der Waals surface area contributed by atoms with Crippen LogP contribution in [0.5, 0.6) is 11.5 Å². The maximum atomic E-state index is 10.1. The molecule has 0 saturated carbocycles. The van der Waals surface area contributed by atoms with Crippen molar-refractivity contribution in [3.8, 4) is 11.5 Å². The Morgan fingerprint density at radius 3 is 2.42 bits per heavy atom. The molecule has 0 radical (unpaired) electrons. The van der Waals surface area contributed by atoms with E-state index in [1.807, 2.05) is 18.2 Å². The number of hydrogen-bond acceptors (Lipinski definition) is 4. The number of phenolic OH excluding ortho intramolecular Hbond substituents is 1. The first-order valence-corrected chi connectivity index (χ1v) is 8.36. The molecule has 0 bridgehead atoms. The minimum atomic E-state index is 0.128. The molecule has 0 saturated heterocycles. The van der Waals surface area contributed by atoms with Gasteiger partial charge in [-0.2, -0.15) is 0 Å². The number of para-hydroxylation sites is 1. The summed E-state index contributed by atoms with van der Waals surface area (Å²) < 4.78 is 5.14. The van der Waals surface area contributed by atoms with Crippen molar-refractivity contribution in [3.05, 3.63) is 59.7 Å². The maximum absolute atomic E-state index is 10.1. The first-order valence-electron chi connectivity index (χ1n) is 8.36. The Kier molecular flexibility index (Phi) is 6.82. The molecule has 1 N–H and O–H groups in total. The molecule has 128 valence electrons. The number of ether oxygens (including phenoxy) is 1. The molecule has 0 aliphatic rings. The molecule has 0 spiro atoms. The molecule has 4 heteroatoms. The average Bonchev–Trinajstić information content (AvgIpc) is 2.63. The lowest BCUT2D eigenvalue weighted by molar-refractivity contribution is 0.224. The van der Waals surface area contributed by atoms with Crippen LogP contribution in [0.25, 0.3) is 0 Å². The average molecular weight is 326 g/mol. The van der Waals surface area contributed by atoms with E-state index in [1.54, 1.807) is 19.4 Å². The van der Waals surface area contributed by atoms with Gasteiger partial charge >= 0.3 is 0 Å². The number of phenols is 1. The number of likely N-dealkylation sites (N-methyl/N-ethyl adjacent to an activating group) is 1. The summed E-state index contributed by atoms with van der Waals surface area (Å²) in [6, 6.07) is 16.1. The van der Waals surface area contributed by atoms with Gasteiger partial charge in [0, 0.05) is 11.8 Å². The highest BCUT2D eigenvalue weighted by Gasteiger charge is 2.17. The van der Waals surface area contributed by atoms with Gasteiger partial charge in [-0.3, -0.25) is 9.89 Å². The minimum absolute atomic E-state index is 0.128. The zero-order chi connectivity index (χ0) is 17.4. The fourth-order valence-electron chi connectivity index (χ4n) is 2.83. The van der Waals surface area contributed by atoms with Crippen molar-refractivity contribution in [2.24, 2.45) is 4.99 Å². The van der Waals surface area contributed by atoms with Gasteiger partial charge in [-0.25, -0.2) is 0 Å². The summed E-state index contributed by atoms with van der Waals surface area (Å²) >= 11 is 0. The van der Waals surface area contributed by atoms with Crippen LogP contribution in [-0.4, -0.2) is 43.0 Å². The molecule has 0 amide bonds. The first kappa shape index (κ1) is 18.0. The first-order chi connectivity index (χ1) is 11.7. The summed E-state index contributed by atoms with van der Waals surface area (Å²) in [5, 5.41) is 10.1. The molecule has 0 aromatic heterocycles. The summed E-state index contributed by atoms with van der Waals surface area (Å²) in [5.41, 5.74) is 1.92. The Morgan fingerprint density at radius 2 is 1.79 bits per heavy atom. The lowest BCUT2D eigenvalue weighted by Gasteiger charge is -2.28. The second-order valence-corrected chi connectivity index (χ2v) is 5.54. The number of nitrogens with zero attached hydrogens (tertiary/aromatic N) is 2. The van der Waals surface area contributed by atoms with E-state index >= 15 is 0 Å². The predicted molar refractivity (Wildman–Crippen MR) is 99.2 cm³/mol. The van der Waals surface area contributed by atoms with Crippen molar-refractivity contribution in [1.29, 1.82) is 0 Å². The molecule has 1 atom stereocenters. The molecule has 0 aliphatic carbocycles. The van der Waals surface area contributed by atoms with Crippen LogP contribution in [0, 0.1) is 0 Å². The smallest absolute Gasteiger partial charge is 0.166 e. The Morgan fingerprint density at radius 1 is 1.08 bits per heavy atom. The van der Waals surface area contributed by atoms with E-state index in [2.05, 4.69) is 48.0 Å². The quantitative estimate of drug-likeness (QED) is 0.748. The topological polar surface area (TPSA) is 45.1 Å². The summed E-state index contributed by atoms with van der Waals surface area (Å²) in [5.74, 6) is 0.588. The van der Waals surface area contributed by atoms with Crippen LogP contribution in [0.15, 0.2) is 53.5 Å². The summed E-state index contributed by atoms with van der Waals surface area (Å²) in [6.45, 7) is 6.91. The Hall–Kier alpha value is -2.33. The molecule has 0 unspecified atom stereocenters. The van der Waals surface area contributed by atoms with Gasteiger partial charge in [-0.05, 0) is 30.8 Å². The molecule has 2 rings (SSSR count). The lowest BCUT2D eigenvalue weighted by atomic mass is 10.1. The van der Waals surface area contributed by atoms with E-state index in [0.29, 0.717) is 17.9 Å². The summed E-state index contributed by atoms with van der Waals surface area (Å²) in [4.78, 5) is 6.98. The molecular formula is C20H26N2O2. The zero-order valence-corrected chi connectivity index (χ0v) is 14.6. The third-order valence-corrected chi connectivity index (χ3v) is 4.20. The molecule has 0 aliphatic heterocycles. The van der Waals surface area contributed by atoms with Crippen LogP contribution >= 0.6 is 0 Å². The Balaban J connectivity index is 2.19. The van der Waals surface area contributed by atoms with E-state index in [-0.39, 0.29) is 11.8 Å². The number of benzene rings is 2. The fourth-order valence-corrected chi connectivity index (χ4v) is 2.83. The van der Waals surface area contributed by atoms with Crippen molar-refractivity contribution in [2.45, 2.75) is 19.9 Å². The van der Waals surface area contributed by atoms with Gasteiger partial charge in [-0.1, -0.05) is 50.2 Å². The minimum Gasteiger partial charge on any atom is -0.504 e. The van der Waals surface area contributed by atoms with Gasteiger partial charge in [0.1, 0.15) is 0 Å². The maximum Gasteiger partial charge on any atom is 0.166 e. The molecule has 0 heterocycles. The van der Waals surface area contributed by atoms with Crippen molar-refractivity contribution in [3.63, 3.8) is 0 Å². The van der Waals surface area contributed by atoms with Crippen LogP contribution in [0.2, 0.25) is 0 Å². The number of aromatic hydroxyl groups is 1. The van der Waals surface area contributed by atoms with E-state index in [4.69, 9.17) is 4.74 Å². The van der Waals surface area contributed by atoms with Crippen LogP contribution in [-0.2, 0) is 0 Å². The van der Waals surface area contributed by atoms with Crippen molar-refractivity contribution >= 4 is 6.21 Å². The largest absolute Gasteiger partial charge is 0.504 e. The third kappa shape index (κ3) is 4.36. The fraction of sp³-hybridized carbons (Fsp3) is 0.350. The highest BCUT2D eigenvalue weighted by atomic mass is 16.5. The van der Waals surface area contributed by atoms with Crippen LogP contribution in [0.4, 0.5) is 0 Å². The standard InChI is InChI=1S/C20H26N2O2/c1-4-22(5-2)18(16-10-7-6-8-11-16)15-21-14-17-12-9-13-19(24-3)20(17)23/h6-14,18,23H,4-5,15H2,1-3H3/t18-/m0/s1. The molecule has 0 fully saturated rings. The third-order valence-electron chi connectivity index (χ3n) is 4.20. The van der Waals surface area contributed by atoms with Gasteiger partial charge in [0.25, 0.3) is 0 Å². The normalized spacial score (nSPS) is 12.7. The zero-order valence-electron chi connectivity index (χ0n) is 14.6. The van der Waals surface area contributed by atoms with Gasteiger partial charge in [0.2, 0.25) is 0 Å². The number of hydrogen-bond donors (Lipinski definition) is 1. The molecule has 24 heavy (non-hydrogen) atoms. The van der Waals surface area contributed by atoms with Crippen molar-refractivity contribution in [1.82, 2.24) is 4.90 Å². The second kappa shape index (κ2) is 9.08. The Labute approximate surface area is 144 Å². The Bertz CT molecular complexity index is 652. The van der Waals surface area contributed by atoms with Gasteiger partial charge in [0.15, 0.2) is 11.5 Å². The highest BCUT2D eigenvalue weighted by molar-refractivity contribution is 5.84. The van der Waals surface area contributed by atoms with Crippen molar-refractivity contribution in [2.75, 3.05) is 26.7 Å². The molecule has 2 aromatic rings. The lowest BCUT2D eigenvalue weighted by Crippen LogP contribution is -2.30. The van der Waals surface area contributed by atoms with Crippen LogP contribution < -0.4 is 4.74 Å². The monoisotopic (exact) mass is 326 g/mol. The second-order valence-electron chi connectivity index (χ2n) is 5.54. The molecule has 2 aromatic carbocycles. The van der Waals surface area contributed by atoms with Gasteiger partial charge in [0.05, 0.1) is 19.7 Å². The van der Waals surface area contributed by atoms with Crippen LogP contribution in [0.1, 0.15) is 31.0 Å². The summed E-state index contributed by atoms with van der Waals surface area (Å²) in [6.07, 6.45) is 1.72. The van der Waals surface area contributed by atoms with E-state index in [0.717, 1.165) is 13.1 Å². The predicted octanol–water partition coefficient (Wildman–Crippen LogP) is 3.90. The van der Waals surface area contributed by atoms with Gasteiger partial charge in [-0.15, -0.1) is 0 Å². The van der Waals surface area contributed by atoms with E-state index < -0.39 is 0 Å². The number of methoxy groups -OCH3 is 1. The number of rotatable bonds is 8. The SMILES string of the molecule is CCN(CC)[C@@H](CN=Cc1cccc(OC)c1O)c1ccccc1.